The van der Waals surface area contributed by atoms with Crippen molar-refractivity contribution in [2.24, 2.45) is 17.8 Å². The molecule has 1 heterocycles. The zero-order valence-corrected chi connectivity index (χ0v) is 21.6. The number of rotatable bonds is 11. The number of fused-ring (bicyclic) bond motifs is 1. The summed E-state index contributed by atoms with van der Waals surface area (Å²) in [4.78, 5) is 11.3. The van der Waals surface area contributed by atoms with Crippen LogP contribution in [0.1, 0.15) is 47.3 Å². The molecule has 6 nitrogen and oxygen atoms in total. The summed E-state index contributed by atoms with van der Waals surface area (Å²) in [5.41, 5.74) is 5.48. The Bertz CT molecular complexity index is 1150. The van der Waals surface area contributed by atoms with Gasteiger partial charge in [-0.05, 0) is 79.0 Å². The van der Waals surface area contributed by atoms with Crippen molar-refractivity contribution in [2.45, 2.75) is 52.2 Å². The van der Waals surface area contributed by atoms with Crippen molar-refractivity contribution in [3.8, 4) is 11.5 Å². The number of carbonyl (C=O) groups is 1. The van der Waals surface area contributed by atoms with Gasteiger partial charge in [0, 0.05) is 30.4 Å². The topological polar surface area (TPSA) is 80.9 Å². The Balaban J connectivity index is 1.59. The molecule has 0 spiro atoms. The predicted molar refractivity (Wildman–Crippen MR) is 140 cm³/mol. The first-order valence-electron chi connectivity index (χ1n) is 12.6. The van der Waals surface area contributed by atoms with Crippen LogP contribution in [0.5, 0.6) is 11.5 Å². The summed E-state index contributed by atoms with van der Waals surface area (Å²) in [7, 11) is 3.26. The molecular weight excluding hydrogens is 454 g/mol. The molecule has 1 aliphatic rings. The second-order valence-electron chi connectivity index (χ2n) is 10.2. The molecule has 1 unspecified atom stereocenters. The Kier molecular flexibility index (Phi) is 8.04. The highest BCUT2D eigenvalue weighted by molar-refractivity contribution is 5.69. The maximum absolute atomic E-state index is 11.7. The van der Waals surface area contributed by atoms with E-state index in [-0.39, 0.29) is 5.92 Å². The first kappa shape index (κ1) is 25.8. The van der Waals surface area contributed by atoms with E-state index in [2.05, 4.69) is 28.8 Å². The van der Waals surface area contributed by atoms with Crippen LogP contribution in [0.4, 0.5) is 0 Å². The number of carboxylic acid groups (broad SMARTS) is 1. The van der Waals surface area contributed by atoms with Crippen LogP contribution >= 0.6 is 0 Å². The van der Waals surface area contributed by atoms with Crippen molar-refractivity contribution >= 4 is 5.97 Å². The van der Waals surface area contributed by atoms with Crippen molar-refractivity contribution in [2.75, 3.05) is 14.2 Å². The van der Waals surface area contributed by atoms with E-state index >= 15 is 0 Å². The molecule has 2 aromatic carbocycles. The second kappa shape index (κ2) is 11.2. The maximum Gasteiger partial charge on any atom is 0.306 e. The number of carboxylic acids is 1. The molecule has 0 fully saturated rings. The van der Waals surface area contributed by atoms with Crippen LogP contribution in [-0.4, -0.2) is 35.0 Å². The van der Waals surface area contributed by atoms with Crippen molar-refractivity contribution in [3.63, 3.8) is 0 Å². The lowest BCUT2D eigenvalue weighted by atomic mass is 9.85. The maximum atomic E-state index is 11.7. The number of nitrogens with zero attached hydrogens (tertiary/aromatic N) is 1. The van der Waals surface area contributed by atoms with Gasteiger partial charge >= 0.3 is 5.97 Å². The number of methoxy groups -OCH3 is 2. The van der Waals surface area contributed by atoms with Crippen LogP contribution in [0.2, 0.25) is 0 Å². The molecule has 0 aliphatic heterocycles. The molecule has 3 atom stereocenters. The average Bonchev–Trinajstić information content (AvgIpc) is 3.49. The summed E-state index contributed by atoms with van der Waals surface area (Å²) in [6.07, 6.45) is 6.69. The summed E-state index contributed by atoms with van der Waals surface area (Å²) in [5.74, 6) is 0.574. The third kappa shape index (κ3) is 5.76. The van der Waals surface area contributed by atoms with Gasteiger partial charge in [-0.15, -0.1) is 0 Å². The molecule has 1 aromatic heterocycles. The molecule has 6 heteroatoms. The van der Waals surface area contributed by atoms with E-state index in [1.807, 2.05) is 37.5 Å². The van der Waals surface area contributed by atoms with Crippen molar-refractivity contribution in [1.29, 1.82) is 0 Å². The zero-order chi connectivity index (χ0) is 25.8. The van der Waals surface area contributed by atoms with Gasteiger partial charge in [0.15, 0.2) is 0 Å². The van der Waals surface area contributed by atoms with Crippen LogP contribution in [-0.2, 0) is 30.6 Å². The summed E-state index contributed by atoms with van der Waals surface area (Å²) in [5, 5.41) is 20.9. The fourth-order valence-electron chi connectivity index (χ4n) is 5.53. The Morgan fingerprint density at radius 3 is 2.25 bits per heavy atom. The van der Waals surface area contributed by atoms with Gasteiger partial charge < -0.3 is 24.3 Å². The third-order valence-corrected chi connectivity index (χ3v) is 7.55. The minimum atomic E-state index is -0.792. The van der Waals surface area contributed by atoms with Crippen molar-refractivity contribution in [3.05, 3.63) is 82.7 Å². The molecule has 2 N–H and O–H groups in total. The minimum absolute atomic E-state index is 0.0430. The first-order valence-corrected chi connectivity index (χ1v) is 12.6. The lowest BCUT2D eigenvalue weighted by molar-refractivity contribution is -0.141. The monoisotopic (exact) mass is 491 g/mol. The summed E-state index contributed by atoms with van der Waals surface area (Å²) < 4.78 is 13.2. The number of hydrogen-bond acceptors (Lipinski definition) is 4. The van der Waals surface area contributed by atoms with Gasteiger partial charge in [0.05, 0.1) is 26.2 Å². The fourth-order valence-corrected chi connectivity index (χ4v) is 5.53. The highest BCUT2D eigenvalue weighted by Crippen LogP contribution is 2.39. The zero-order valence-electron chi connectivity index (χ0n) is 21.6. The van der Waals surface area contributed by atoms with E-state index in [1.54, 1.807) is 21.1 Å². The molecule has 0 radical (unpaired) electrons. The fraction of sp³-hybridized carbons (Fsp3) is 0.433. The van der Waals surface area contributed by atoms with E-state index in [0.717, 1.165) is 36.0 Å². The standard InChI is InChI=1S/C30H37NO5/c1-19(30(33)34)11-21-9-10-31(17-21)18-26(14-22-12-23-7-5-6-8-24(23)13-22)29(32)25-15-27(35-3)20(2)28(16-25)36-4/h5-10,15-17,19,22,26,29,32H,11-14,18H2,1-4H3,(H,33,34)/t19?,26-,29+/m0/s1. The summed E-state index contributed by atoms with van der Waals surface area (Å²) >= 11 is 0. The van der Waals surface area contributed by atoms with Gasteiger partial charge in [-0.3, -0.25) is 4.79 Å². The quantitative estimate of drug-likeness (QED) is 0.384. The molecule has 0 amide bonds. The number of aliphatic hydroxyl groups is 1. The molecule has 1 aliphatic carbocycles. The molecule has 4 rings (SSSR count). The normalized spacial score (nSPS) is 15.8. The molecule has 192 valence electrons. The van der Waals surface area contributed by atoms with Gasteiger partial charge in [-0.1, -0.05) is 31.2 Å². The minimum Gasteiger partial charge on any atom is -0.496 e. The molecule has 0 bridgehead atoms. The molecule has 0 saturated heterocycles. The Labute approximate surface area is 213 Å². The number of aliphatic hydroxyl groups excluding tert-OH is 1. The van der Waals surface area contributed by atoms with Gasteiger partial charge in [-0.25, -0.2) is 0 Å². The van der Waals surface area contributed by atoms with Gasteiger partial charge in [0.2, 0.25) is 0 Å². The summed E-state index contributed by atoms with van der Waals surface area (Å²) in [6, 6.07) is 14.4. The van der Waals surface area contributed by atoms with Crippen LogP contribution in [0.3, 0.4) is 0 Å². The molecule has 3 aromatic rings. The van der Waals surface area contributed by atoms with Crippen molar-refractivity contribution < 1.29 is 24.5 Å². The summed E-state index contributed by atoms with van der Waals surface area (Å²) in [6.45, 7) is 4.30. The smallest absolute Gasteiger partial charge is 0.306 e. The number of ether oxygens (including phenoxy) is 2. The van der Waals surface area contributed by atoms with Crippen molar-refractivity contribution in [1.82, 2.24) is 4.57 Å². The third-order valence-electron chi connectivity index (χ3n) is 7.55. The highest BCUT2D eigenvalue weighted by Gasteiger charge is 2.30. The van der Waals surface area contributed by atoms with Gasteiger partial charge in [0.1, 0.15) is 11.5 Å². The average molecular weight is 492 g/mol. The highest BCUT2D eigenvalue weighted by atomic mass is 16.5. The van der Waals surface area contributed by atoms with Gasteiger partial charge in [0.25, 0.3) is 0 Å². The van der Waals surface area contributed by atoms with E-state index in [0.29, 0.717) is 30.4 Å². The number of benzene rings is 2. The number of aliphatic carboxylic acids is 1. The molecular formula is C30H37NO5. The van der Waals surface area contributed by atoms with Crippen LogP contribution in [0.25, 0.3) is 0 Å². The van der Waals surface area contributed by atoms with E-state index in [4.69, 9.17) is 9.47 Å². The van der Waals surface area contributed by atoms with Crippen LogP contribution in [0.15, 0.2) is 54.9 Å². The predicted octanol–water partition coefficient (Wildman–Crippen LogP) is 5.23. The SMILES string of the molecule is COc1cc([C@@H](O)[C@@H](CC2Cc3ccccc3C2)Cn2ccc(CC(C)C(=O)O)c2)cc(OC)c1C. The van der Waals surface area contributed by atoms with E-state index in [9.17, 15) is 15.0 Å². The Hall–Kier alpha value is -3.25. The van der Waals surface area contributed by atoms with Gasteiger partial charge in [-0.2, -0.15) is 0 Å². The van der Waals surface area contributed by atoms with E-state index in [1.165, 1.54) is 11.1 Å². The second-order valence-corrected chi connectivity index (χ2v) is 10.2. The number of hydrogen-bond donors (Lipinski definition) is 2. The number of aromatic nitrogens is 1. The largest absolute Gasteiger partial charge is 0.496 e. The van der Waals surface area contributed by atoms with Crippen LogP contribution < -0.4 is 9.47 Å². The Morgan fingerprint density at radius 1 is 1.08 bits per heavy atom. The lowest BCUT2D eigenvalue weighted by Crippen LogP contribution is -2.22. The lowest BCUT2D eigenvalue weighted by Gasteiger charge is -2.27. The Morgan fingerprint density at radius 2 is 1.69 bits per heavy atom. The molecule has 36 heavy (non-hydrogen) atoms. The van der Waals surface area contributed by atoms with E-state index < -0.39 is 18.0 Å². The first-order chi connectivity index (χ1) is 17.3. The molecule has 0 saturated carbocycles. The van der Waals surface area contributed by atoms with Crippen LogP contribution in [0, 0.1) is 24.7 Å².